The lowest BCUT2D eigenvalue weighted by molar-refractivity contribution is -0.131. The number of rotatable bonds is 8. The molecule has 0 atom stereocenters. The van der Waals surface area contributed by atoms with Crippen molar-refractivity contribution < 1.29 is 19.0 Å². The molecule has 8 heteroatoms. The van der Waals surface area contributed by atoms with Crippen molar-refractivity contribution >= 4 is 32.6 Å². The predicted molar refractivity (Wildman–Crippen MR) is 102 cm³/mol. The van der Waals surface area contributed by atoms with Gasteiger partial charge in [-0.05, 0) is 32.0 Å². The lowest BCUT2D eigenvalue weighted by Gasteiger charge is -2.25. The molecule has 0 saturated carbocycles. The monoisotopic (exact) mass is 379 g/mol. The Kier molecular flexibility index (Phi) is 6.79. The van der Waals surface area contributed by atoms with E-state index >= 15 is 0 Å². The molecule has 1 aliphatic rings. The van der Waals surface area contributed by atoms with Crippen molar-refractivity contribution in [3.8, 4) is 0 Å². The Morgan fingerprint density at radius 2 is 2.04 bits per heavy atom. The van der Waals surface area contributed by atoms with Crippen LogP contribution < -0.4 is 10.2 Å². The van der Waals surface area contributed by atoms with E-state index in [0.29, 0.717) is 25.3 Å². The average Bonchev–Trinajstić information content (AvgIpc) is 3.10. The predicted octanol–water partition coefficient (Wildman–Crippen LogP) is 2.26. The molecule has 0 unspecified atom stereocenters. The van der Waals surface area contributed by atoms with Gasteiger partial charge < -0.3 is 24.4 Å². The molecular formula is C18H25N3O4S. The first kappa shape index (κ1) is 19.0. The highest BCUT2D eigenvalue weighted by Crippen LogP contribution is 2.30. The van der Waals surface area contributed by atoms with Gasteiger partial charge in [-0.3, -0.25) is 4.79 Å². The number of ether oxygens (including phenoxy) is 3. The molecule has 1 aromatic heterocycles. The number of nitrogens with one attached hydrogen (secondary N) is 1. The summed E-state index contributed by atoms with van der Waals surface area (Å²) in [6.07, 6.45) is -0.422. The third kappa shape index (κ3) is 4.70. The molecule has 1 amide bonds. The Labute approximate surface area is 157 Å². The smallest absolute Gasteiger partial charge is 0.251 e. The number of hydrogen-bond acceptors (Lipinski definition) is 7. The van der Waals surface area contributed by atoms with Crippen molar-refractivity contribution in [2.45, 2.75) is 20.1 Å². The second-order valence-electron chi connectivity index (χ2n) is 5.83. The molecule has 0 bridgehead atoms. The molecule has 0 aliphatic carbocycles. The van der Waals surface area contributed by atoms with E-state index in [2.05, 4.69) is 15.2 Å². The molecule has 7 nitrogen and oxygen atoms in total. The zero-order chi connectivity index (χ0) is 18.4. The maximum atomic E-state index is 12.4. The Balaban J connectivity index is 1.66. The van der Waals surface area contributed by atoms with Crippen LogP contribution in [0.3, 0.4) is 0 Å². The van der Waals surface area contributed by atoms with E-state index in [1.54, 1.807) is 17.4 Å². The standard InChI is InChI=1S/C18H25N3O4S/c1-3-24-16(25-4-2)12-19-17(22)13-5-6-14-15(11-13)26-18(20-14)21-7-9-23-10-8-21/h5-6,11,16H,3-4,7-10,12H2,1-2H3,(H,19,22). The summed E-state index contributed by atoms with van der Waals surface area (Å²) < 4.78 is 17.3. The van der Waals surface area contributed by atoms with Crippen LogP contribution in [0.15, 0.2) is 18.2 Å². The summed E-state index contributed by atoms with van der Waals surface area (Å²) in [5, 5.41) is 3.85. The topological polar surface area (TPSA) is 72.9 Å². The highest BCUT2D eigenvalue weighted by atomic mass is 32.1. The molecule has 0 spiro atoms. The Bertz CT molecular complexity index is 724. The third-order valence-corrected chi connectivity index (χ3v) is 5.13. The number of anilines is 1. The van der Waals surface area contributed by atoms with Crippen molar-refractivity contribution in [3.05, 3.63) is 23.8 Å². The number of hydrogen-bond donors (Lipinski definition) is 1. The maximum Gasteiger partial charge on any atom is 0.251 e. The number of amides is 1. The van der Waals surface area contributed by atoms with Crippen LogP contribution in [0, 0.1) is 0 Å². The summed E-state index contributed by atoms with van der Waals surface area (Å²) >= 11 is 1.61. The zero-order valence-electron chi connectivity index (χ0n) is 15.2. The van der Waals surface area contributed by atoms with Crippen molar-refractivity contribution in [1.82, 2.24) is 10.3 Å². The number of carbonyl (C=O) groups is 1. The highest BCUT2D eigenvalue weighted by molar-refractivity contribution is 7.22. The van der Waals surface area contributed by atoms with Crippen LogP contribution in [-0.4, -0.2) is 63.2 Å². The van der Waals surface area contributed by atoms with Crippen LogP contribution in [-0.2, 0) is 14.2 Å². The minimum absolute atomic E-state index is 0.141. The lowest BCUT2D eigenvalue weighted by Crippen LogP contribution is -2.36. The molecule has 26 heavy (non-hydrogen) atoms. The van der Waals surface area contributed by atoms with Crippen molar-refractivity contribution in [2.75, 3.05) is 51.0 Å². The van der Waals surface area contributed by atoms with Crippen molar-refractivity contribution in [3.63, 3.8) is 0 Å². The Morgan fingerprint density at radius 3 is 2.73 bits per heavy atom. The summed E-state index contributed by atoms with van der Waals surface area (Å²) in [5.41, 5.74) is 1.52. The molecule has 142 valence electrons. The molecule has 1 fully saturated rings. The molecule has 3 rings (SSSR count). The van der Waals surface area contributed by atoms with Gasteiger partial charge in [-0.2, -0.15) is 0 Å². The van der Waals surface area contributed by atoms with Crippen LogP contribution in [0.4, 0.5) is 5.13 Å². The number of morpholine rings is 1. The van der Waals surface area contributed by atoms with Gasteiger partial charge in [0.05, 0.1) is 30.0 Å². The zero-order valence-corrected chi connectivity index (χ0v) is 16.0. The van der Waals surface area contributed by atoms with Gasteiger partial charge >= 0.3 is 0 Å². The van der Waals surface area contributed by atoms with E-state index < -0.39 is 6.29 Å². The fourth-order valence-electron chi connectivity index (χ4n) is 2.76. The fourth-order valence-corrected chi connectivity index (χ4v) is 3.82. The van der Waals surface area contributed by atoms with Crippen LogP contribution >= 0.6 is 11.3 Å². The van der Waals surface area contributed by atoms with E-state index in [1.807, 2.05) is 26.0 Å². The average molecular weight is 379 g/mol. The lowest BCUT2D eigenvalue weighted by atomic mass is 10.2. The first-order valence-electron chi connectivity index (χ1n) is 8.96. The van der Waals surface area contributed by atoms with Crippen molar-refractivity contribution in [2.24, 2.45) is 0 Å². The third-order valence-electron chi connectivity index (χ3n) is 4.06. The van der Waals surface area contributed by atoms with Gasteiger partial charge in [0.2, 0.25) is 0 Å². The molecule has 0 radical (unpaired) electrons. The van der Waals surface area contributed by atoms with E-state index in [-0.39, 0.29) is 5.91 Å². The Hall–Kier alpha value is -1.74. The quantitative estimate of drug-likeness (QED) is 0.710. The van der Waals surface area contributed by atoms with Gasteiger partial charge in [0, 0.05) is 31.9 Å². The molecule has 1 saturated heterocycles. The fraction of sp³-hybridized carbons (Fsp3) is 0.556. The van der Waals surface area contributed by atoms with Gasteiger partial charge in [0.25, 0.3) is 5.91 Å². The van der Waals surface area contributed by atoms with Crippen LogP contribution in [0.5, 0.6) is 0 Å². The van der Waals surface area contributed by atoms with E-state index in [4.69, 9.17) is 14.2 Å². The van der Waals surface area contributed by atoms with Crippen LogP contribution in [0.1, 0.15) is 24.2 Å². The highest BCUT2D eigenvalue weighted by Gasteiger charge is 2.17. The molecule has 2 heterocycles. The van der Waals surface area contributed by atoms with Crippen LogP contribution in [0.25, 0.3) is 10.2 Å². The largest absolute Gasteiger partial charge is 0.378 e. The summed E-state index contributed by atoms with van der Waals surface area (Å²) in [7, 11) is 0. The summed E-state index contributed by atoms with van der Waals surface area (Å²) in [6.45, 7) is 8.35. The number of aromatic nitrogens is 1. The molecule has 1 aliphatic heterocycles. The number of thiazole rings is 1. The maximum absolute atomic E-state index is 12.4. The normalized spacial score (nSPS) is 15.0. The molecular weight excluding hydrogens is 354 g/mol. The van der Waals surface area contributed by atoms with E-state index in [0.717, 1.165) is 41.7 Å². The minimum atomic E-state index is -0.422. The van der Waals surface area contributed by atoms with Gasteiger partial charge in [-0.25, -0.2) is 4.98 Å². The molecule has 1 aromatic carbocycles. The van der Waals surface area contributed by atoms with E-state index in [1.165, 1.54) is 0 Å². The Morgan fingerprint density at radius 1 is 1.31 bits per heavy atom. The van der Waals surface area contributed by atoms with Crippen molar-refractivity contribution in [1.29, 1.82) is 0 Å². The first-order chi connectivity index (χ1) is 12.7. The summed E-state index contributed by atoms with van der Waals surface area (Å²) in [5.74, 6) is -0.141. The molecule has 2 aromatic rings. The van der Waals surface area contributed by atoms with Gasteiger partial charge in [0.1, 0.15) is 0 Å². The number of carbonyl (C=O) groups excluding carboxylic acids is 1. The number of nitrogens with zero attached hydrogens (tertiary/aromatic N) is 2. The summed E-state index contributed by atoms with van der Waals surface area (Å²) in [4.78, 5) is 19.3. The second-order valence-corrected chi connectivity index (χ2v) is 6.84. The van der Waals surface area contributed by atoms with Gasteiger partial charge in [0.15, 0.2) is 11.4 Å². The summed E-state index contributed by atoms with van der Waals surface area (Å²) in [6, 6.07) is 5.59. The first-order valence-corrected chi connectivity index (χ1v) is 9.77. The minimum Gasteiger partial charge on any atom is -0.378 e. The SMILES string of the molecule is CCOC(CNC(=O)c1ccc2nc(N3CCOCC3)sc2c1)OCC. The number of benzene rings is 1. The molecule has 1 N–H and O–H groups in total. The number of fused-ring (bicyclic) bond motifs is 1. The van der Waals surface area contributed by atoms with Gasteiger partial charge in [-0.15, -0.1) is 0 Å². The van der Waals surface area contributed by atoms with Gasteiger partial charge in [-0.1, -0.05) is 11.3 Å². The van der Waals surface area contributed by atoms with Crippen LogP contribution in [0.2, 0.25) is 0 Å². The second kappa shape index (κ2) is 9.27. The van der Waals surface area contributed by atoms with E-state index in [9.17, 15) is 4.79 Å².